The number of nitrogens with zero attached hydrogens (tertiary/aromatic N) is 3. The first kappa shape index (κ1) is 11.4. The molecule has 90 valence electrons. The molecule has 0 aliphatic rings. The molecule has 0 aliphatic heterocycles. The topological polar surface area (TPSA) is 75.6 Å². The number of aryl methyl sites for hydroxylation is 2. The Balaban J connectivity index is 2.04. The third-order valence-electron chi connectivity index (χ3n) is 2.48. The van der Waals surface area contributed by atoms with E-state index in [9.17, 15) is 4.79 Å². The minimum Gasteiger partial charge on any atom is -0.346 e. The molecule has 17 heavy (non-hydrogen) atoms. The van der Waals surface area contributed by atoms with Crippen molar-refractivity contribution in [2.75, 3.05) is 0 Å². The van der Waals surface area contributed by atoms with E-state index in [0.29, 0.717) is 12.1 Å². The average Bonchev–Trinajstić information content (AvgIpc) is 2.94. The van der Waals surface area contributed by atoms with E-state index in [4.69, 9.17) is 0 Å². The van der Waals surface area contributed by atoms with Crippen molar-refractivity contribution in [3.05, 3.63) is 35.4 Å². The van der Waals surface area contributed by atoms with Gasteiger partial charge in [0.05, 0.1) is 23.5 Å². The van der Waals surface area contributed by atoms with Crippen LogP contribution in [0.2, 0.25) is 0 Å². The van der Waals surface area contributed by atoms with E-state index in [2.05, 4.69) is 20.6 Å². The summed E-state index contributed by atoms with van der Waals surface area (Å²) in [4.78, 5) is 11.9. The lowest BCUT2D eigenvalue weighted by Gasteiger charge is -2.02. The zero-order valence-electron chi connectivity index (χ0n) is 9.90. The number of carbonyl (C=O) groups excluding carboxylic acids is 1. The van der Waals surface area contributed by atoms with Crippen LogP contribution in [0.15, 0.2) is 18.5 Å². The number of hydrogen-bond acceptors (Lipinski definition) is 3. The van der Waals surface area contributed by atoms with Crippen LogP contribution >= 0.6 is 0 Å². The first-order chi connectivity index (χ1) is 8.20. The molecule has 0 aliphatic carbocycles. The summed E-state index contributed by atoms with van der Waals surface area (Å²) in [7, 11) is 1.81. The maximum absolute atomic E-state index is 11.9. The first-order valence-electron chi connectivity index (χ1n) is 5.49. The monoisotopic (exact) mass is 233 g/mol. The second-order valence-corrected chi connectivity index (χ2v) is 3.78. The van der Waals surface area contributed by atoms with Gasteiger partial charge in [-0.05, 0) is 12.5 Å². The summed E-state index contributed by atoms with van der Waals surface area (Å²) in [6, 6.07) is 1.82. The molecule has 1 amide bonds. The van der Waals surface area contributed by atoms with Gasteiger partial charge in [-0.2, -0.15) is 10.2 Å². The molecule has 0 saturated heterocycles. The van der Waals surface area contributed by atoms with Crippen LogP contribution < -0.4 is 5.32 Å². The third kappa shape index (κ3) is 2.52. The van der Waals surface area contributed by atoms with Crippen LogP contribution in [0.25, 0.3) is 0 Å². The second-order valence-electron chi connectivity index (χ2n) is 3.78. The average molecular weight is 233 g/mol. The van der Waals surface area contributed by atoms with Crippen molar-refractivity contribution in [1.29, 1.82) is 0 Å². The Hall–Kier alpha value is -2.11. The van der Waals surface area contributed by atoms with Gasteiger partial charge in [-0.15, -0.1) is 0 Å². The predicted molar refractivity (Wildman–Crippen MR) is 62.3 cm³/mol. The van der Waals surface area contributed by atoms with Gasteiger partial charge in [0.1, 0.15) is 0 Å². The highest BCUT2D eigenvalue weighted by Gasteiger charge is 2.13. The zero-order chi connectivity index (χ0) is 12.3. The summed E-state index contributed by atoms with van der Waals surface area (Å²) in [5.41, 5.74) is 2.32. The van der Waals surface area contributed by atoms with Crippen molar-refractivity contribution in [3.8, 4) is 0 Å². The maximum Gasteiger partial charge on any atom is 0.255 e. The normalized spacial score (nSPS) is 10.5. The van der Waals surface area contributed by atoms with Crippen LogP contribution in [-0.2, 0) is 20.0 Å². The van der Waals surface area contributed by atoms with Crippen molar-refractivity contribution in [2.24, 2.45) is 7.05 Å². The van der Waals surface area contributed by atoms with Gasteiger partial charge in [-0.3, -0.25) is 14.6 Å². The van der Waals surface area contributed by atoms with E-state index in [-0.39, 0.29) is 5.91 Å². The van der Waals surface area contributed by atoms with E-state index in [0.717, 1.165) is 17.8 Å². The van der Waals surface area contributed by atoms with Gasteiger partial charge < -0.3 is 5.32 Å². The summed E-state index contributed by atoms with van der Waals surface area (Å²) < 4.78 is 1.66. The number of rotatable bonds is 4. The molecule has 2 aromatic heterocycles. The lowest BCUT2D eigenvalue weighted by Crippen LogP contribution is -2.23. The molecule has 2 rings (SSSR count). The minimum atomic E-state index is -0.107. The van der Waals surface area contributed by atoms with Crippen LogP contribution in [0, 0.1) is 0 Å². The fraction of sp³-hybridized carbons (Fsp3) is 0.364. The Kier molecular flexibility index (Phi) is 3.22. The fourth-order valence-electron chi connectivity index (χ4n) is 1.64. The van der Waals surface area contributed by atoms with Crippen LogP contribution in [0.3, 0.4) is 0 Å². The van der Waals surface area contributed by atoms with Crippen molar-refractivity contribution in [2.45, 2.75) is 19.9 Å². The Labute approximate surface area is 99.0 Å². The summed E-state index contributed by atoms with van der Waals surface area (Å²) in [6.45, 7) is 2.42. The lowest BCUT2D eigenvalue weighted by molar-refractivity contribution is 0.0949. The molecule has 6 heteroatoms. The van der Waals surface area contributed by atoms with E-state index >= 15 is 0 Å². The van der Waals surface area contributed by atoms with Gasteiger partial charge in [0.25, 0.3) is 5.91 Å². The Morgan fingerprint density at radius 2 is 2.41 bits per heavy atom. The van der Waals surface area contributed by atoms with Crippen molar-refractivity contribution < 1.29 is 4.79 Å². The number of aromatic nitrogens is 4. The Morgan fingerprint density at radius 1 is 1.59 bits per heavy atom. The van der Waals surface area contributed by atoms with E-state index in [1.165, 1.54) is 0 Å². The molecule has 0 unspecified atom stereocenters. The van der Waals surface area contributed by atoms with Crippen molar-refractivity contribution in [1.82, 2.24) is 25.3 Å². The summed E-state index contributed by atoms with van der Waals surface area (Å²) in [5.74, 6) is -0.107. The molecule has 0 saturated carbocycles. The molecular formula is C11H15N5O. The predicted octanol–water partition coefficient (Wildman–Crippen LogP) is 0.636. The van der Waals surface area contributed by atoms with E-state index < -0.39 is 0 Å². The number of H-pyrrole nitrogens is 1. The molecule has 0 spiro atoms. The molecule has 6 nitrogen and oxygen atoms in total. The van der Waals surface area contributed by atoms with Crippen molar-refractivity contribution >= 4 is 5.91 Å². The lowest BCUT2D eigenvalue weighted by atomic mass is 10.2. The maximum atomic E-state index is 11.9. The molecule has 2 heterocycles. The van der Waals surface area contributed by atoms with Crippen molar-refractivity contribution in [3.63, 3.8) is 0 Å². The molecule has 0 bridgehead atoms. The van der Waals surface area contributed by atoms with Gasteiger partial charge in [-0.25, -0.2) is 0 Å². The number of aromatic amines is 1. The van der Waals surface area contributed by atoms with Crippen LogP contribution in [0.1, 0.15) is 28.7 Å². The smallest absolute Gasteiger partial charge is 0.255 e. The van der Waals surface area contributed by atoms with Gasteiger partial charge in [-0.1, -0.05) is 6.92 Å². The third-order valence-corrected chi connectivity index (χ3v) is 2.48. The highest BCUT2D eigenvalue weighted by atomic mass is 16.1. The molecule has 0 radical (unpaired) electrons. The van der Waals surface area contributed by atoms with Gasteiger partial charge >= 0.3 is 0 Å². The first-order valence-corrected chi connectivity index (χ1v) is 5.49. The molecular weight excluding hydrogens is 218 g/mol. The Morgan fingerprint density at radius 3 is 3.06 bits per heavy atom. The fourth-order valence-corrected chi connectivity index (χ4v) is 1.64. The van der Waals surface area contributed by atoms with Crippen LogP contribution in [0.5, 0.6) is 0 Å². The number of amides is 1. The molecule has 0 aromatic carbocycles. The van der Waals surface area contributed by atoms with Crippen LogP contribution in [-0.4, -0.2) is 25.9 Å². The number of hydrogen-bond donors (Lipinski definition) is 2. The SMILES string of the molecule is CCc1nn(C)cc1C(=O)NCc1ccn[nH]1. The molecule has 0 fully saturated rings. The highest BCUT2D eigenvalue weighted by Crippen LogP contribution is 2.07. The standard InChI is InChI=1S/C11H15N5O/c1-3-10-9(7-16(2)15-10)11(17)12-6-8-4-5-13-14-8/h4-5,7H,3,6H2,1-2H3,(H,12,17)(H,13,14). The Bertz CT molecular complexity index is 500. The zero-order valence-corrected chi connectivity index (χ0v) is 9.90. The van der Waals surface area contributed by atoms with Gasteiger partial charge in [0, 0.05) is 19.4 Å². The van der Waals surface area contributed by atoms with Crippen LogP contribution in [0.4, 0.5) is 0 Å². The quantitative estimate of drug-likeness (QED) is 0.813. The molecule has 2 N–H and O–H groups in total. The van der Waals surface area contributed by atoms with E-state index in [1.807, 2.05) is 20.0 Å². The molecule has 0 atom stereocenters. The minimum absolute atomic E-state index is 0.107. The largest absolute Gasteiger partial charge is 0.346 e. The second kappa shape index (κ2) is 4.82. The number of nitrogens with one attached hydrogen (secondary N) is 2. The summed E-state index contributed by atoms with van der Waals surface area (Å²) in [6.07, 6.45) is 4.14. The molecule has 2 aromatic rings. The number of carbonyl (C=O) groups is 1. The highest BCUT2D eigenvalue weighted by molar-refractivity contribution is 5.95. The van der Waals surface area contributed by atoms with E-state index in [1.54, 1.807) is 17.1 Å². The summed E-state index contributed by atoms with van der Waals surface area (Å²) >= 11 is 0. The van der Waals surface area contributed by atoms with Gasteiger partial charge in [0.15, 0.2) is 0 Å². The van der Waals surface area contributed by atoms with Gasteiger partial charge in [0.2, 0.25) is 0 Å². The summed E-state index contributed by atoms with van der Waals surface area (Å²) in [5, 5.41) is 13.7.